The van der Waals surface area contributed by atoms with Gasteiger partial charge < -0.3 is 10.1 Å². The van der Waals surface area contributed by atoms with E-state index in [9.17, 15) is 9.18 Å². The number of halogens is 1. The maximum atomic E-state index is 12.8. The van der Waals surface area contributed by atoms with E-state index in [1.54, 1.807) is 12.1 Å². The zero-order valence-electron chi connectivity index (χ0n) is 12.3. The smallest absolute Gasteiger partial charge is 0.220 e. The van der Waals surface area contributed by atoms with Crippen LogP contribution in [0.2, 0.25) is 0 Å². The molecule has 0 atom stereocenters. The Morgan fingerprint density at radius 1 is 1.24 bits per heavy atom. The molecule has 1 aliphatic rings. The molecule has 0 aliphatic carbocycles. The summed E-state index contributed by atoms with van der Waals surface area (Å²) < 4.78 is 18.0. The lowest BCUT2D eigenvalue weighted by Gasteiger charge is -2.26. The van der Waals surface area contributed by atoms with Crippen LogP contribution in [0.15, 0.2) is 24.3 Å². The molecule has 0 radical (unpaired) electrons. The molecular formula is C16H23FN2O2. The van der Waals surface area contributed by atoms with Crippen LogP contribution in [0.4, 0.5) is 4.39 Å². The highest BCUT2D eigenvalue weighted by molar-refractivity contribution is 5.75. The SMILES string of the molecule is O=C(CCCc1ccc(F)cc1)NCCN1CCOCC1. The zero-order valence-corrected chi connectivity index (χ0v) is 12.3. The normalized spacial score (nSPS) is 15.9. The standard InChI is InChI=1S/C16H23FN2O2/c17-15-6-4-14(5-7-15)2-1-3-16(20)18-8-9-19-10-12-21-13-11-19/h4-7H,1-3,8-13H2,(H,18,20). The molecule has 0 aromatic heterocycles. The van der Waals surface area contributed by atoms with Gasteiger partial charge in [-0.05, 0) is 30.5 Å². The van der Waals surface area contributed by atoms with Crippen LogP contribution in [0, 0.1) is 5.82 Å². The molecule has 2 rings (SSSR count). The van der Waals surface area contributed by atoms with Crippen molar-refractivity contribution in [2.45, 2.75) is 19.3 Å². The summed E-state index contributed by atoms with van der Waals surface area (Å²) in [7, 11) is 0. The van der Waals surface area contributed by atoms with Crippen molar-refractivity contribution in [2.24, 2.45) is 0 Å². The van der Waals surface area contributed by atoms with Gasteiger partial charge in [0, 0.05) is 32.6 Å². The fourth-order valence-electron chi connectivity index (χ4n) is 2.37. The number of benzene rings is 1. The van der Waals surface area contributed by atoms with Crippen molar-refractivity contribution < 1.29 is 13.9 Å². The van der Waals surface area contributed by atoms with Gasteiger partial charge in [-0.1, -0.05) is 12.1 Å². The average molecular weight is 294 g/mol. The lowest BCUT2D eigenvalue weighted by molar-refractivity contribution is -0.121. The van der Waals surface area contributed by atoms with Crippen LogP contribution in [0.25, 0.3) is 0 Å². The predicted octanol–water partition coefficient (Wildman–Crippen LogP) is 1.60. The molecule has 21 heavy (non-hydrogen) atoms. The van der Waals surface area contributed by atoms with Crippen molar-refractivity contribution in [3.8, 4) is 0 Å². The molecule has 5 heteroatoms. The average Bonchev–Trinajstić information content (AvgIpc) is 2.50. The highest BCUT2D eigenvalue weighted by atomic mass is 19.1. The van der Waals surface area contributed by atoms with Crippen molar-refractivity contribution in [3.05, 3.63) is 35.6 Å². The van der Waals surface area contributed by atoms with E-state index in [0.717, 1.165) is 51.3 Å². The van der Waals surface area contributed by atoms with Gasteiger partial charge in [0.05, 0.1) is 13.2 Å². The summed E-state index contributed by atoms with van der Waals surface area (Å²) in [6, 6.07) is 6.45. The summed E-state index contributed by atoms with van der Waals surface area (Å²) in [5, 5.41) is 2.94. The maximum absolute atomic E-state index is 12.8. The molecule has 4 nitrogen and oxygen atoms in total. The van der Waals surface area contributed by atoms with E-state index < -0.39 is 0 Å². The first-order chi connectivity index (χ1) is 10.2. The summed E-state index contributed by atoms with van der Waals surface area (Å²) in [5.74, 6) is -0.134. The molecule has 0 bridgehead atoms. The Morgan fingerprint density at radius 3 is 2.67 bits per heavy atom. The monoisotopic (exact) mass is 294 g/mol. The lowest BCUT2D eigenvalue weighted by atomic mass is 10.1. The van der Waals surface area contributed by atoms with Gasteiger partial charge in [0.1, 0.15) is 5.82 Å². The third-order valence-corrected chi connectivity index (χ3v) is 3.64. The molecule has 1 heterocycles. The Labute approximate surface area is 125 Å². The highest BCUT2D eigenvalue weighted by Gasteiger charge is 2.10. The number of aryl methyl sites for hydroxylation is 1. The Bertz CT molecular complexity index is 430. The number of hydrogen-bond acceptors (Lipinski definition) is 3. The third-order valence-electron chi connectivity index (χ3n) is 3.64. The number of ether oxygens (including phenoxy) is 1. The second-order valence-corrected chi connectivity index (χ2v) is 5.28. The van der Waals surface area contributed by atoms with Crippen LogP contribution in [0.5, 0.6) is 0 Å². The Morgan fingerprint density at radius 2 is 1.95 bits per heavy atom. The van der Waals surface area contributed by atoms with E-state index in [1.165, 1.54) is 12.1 Å². The molecule has 0 saturated carbocycles. The van der Waals surface area contributed by atoms with E-state index in [-0.39, 0.29) is 11.7 Å². The number of nitrogens with one attached hydrogen (secondary N) is 1. The first-order valence-electron chi connectivity index (χ1n) is 7.55. The van der Waals surface area contributed by atoms with Gasteiger partial charge in [-0.15, -0.1) is 0 Å². The molecular weight excluding hydrogens is 271 g/mol. The Hall–Kier alpha value is -1.46. The van der Waals surface area contributed by atoms with Crippen LogP contribution >= 0.6 is 0 Å². The van der Waals surface area contributed by atoms with Gasteiger partial charge in [0.15, 0.2) is 0 Å². The van der Waals surface area contributed by atoms with Gasteiger partial charge >= 0.3 is 0 Å². The predicted molar refractivity (Wildman–Crippen MR) is 79.6 cm³/mol. The van der Waals surface area contributed by atoms with Crippen LogP contribution in [0.3, 0.4) is 0 Å². The van der Waals surface area contributed by atoms with Crippen molar-refractivity contribution in [1.82, 2.24) is 10.2 Å². The van der Waals surface area contributed by atoms with E-state index in [2.05, 4.69) is 10.2 Å². The van der Waals surface area contributed by atoms with E-state index in [4.69, 9.17) is 4.74 Å². The summed E-state index contributed by atoms with van der Waals surface area (Å²) >= 11 is 0. The number of hydrogen-bond donors (Lipinski definition) is 1. The fourth-order valence-corrected chi connectivity index (χ4v) is 2.37. The van der Waals surface area contributed by atoms with Crippen molar-refractivity contribution >= 4 is 5.91 Å². The molecule has 1 N–H and O–H groups in total. The molecule has 1 aromatic rings. The van der Waals surface area contributed by atoms with Gasteiger partial charge in [-0.3, -0.25) is 9.69 Å². The van der Waals surface area contributed by atoms with Crippen molar-refractivity contribution in [3.63, 3.8) is 0 Å². The first-order valence-corrected chi connectivity index (χ1v) is 7.55. The van der Waals surface area contributed by atoms with E-state index in [0.29, 0.717) is 13.0 Å². The molecule has 0 spiro atoms. The van der Waals surface area contributed by atoms with E-state index >= 15 is 0 Å². The van der Waals surface area contributed by atoms with Gasteiger partial charge in [-0.2, -0.15) is 0 Å². The number of carbonyl (C=O) groups excluding carboxylic acids is 1. The molecule has 1 saturated heterocycles. The number of rotatable bonds is 7. The van der Waals surface area contributed by atoms with Gasteiger partial charge in [0.2, 0.25) is 5.91 Å². The number of morpholine rings is 1. The summed E-state index contributed by atoms with van der Waals surface area (Å²) in [4.78, 5) is 14.0. The van der Waals surface area contributed by atoms with E-state index in [1.807, 2.05) is 0 Å². The van der Waals surface area contributed by atoms with Crippen LogP contribution in [0.1, 0.15) is 18.4 Å². The summed E-state index contributed by atoms with van der Waals surface area (Å²) in [6.45, 7) is 5.03. The lowest BCUT2D eigenvalue weighted by Crippen LogP contribution is -2.41. The summed E-state index contributed by atoms with van der Waals surface area (Å²) in [5.41, 5.74) is 1.07. The molecule has 1 aromatic carbocycles. The number of carbonyl (C=O) groups is 1. The number of amides is 1. The number of nitrogens with zero attached hydrogens (tertiary/aromatic N) is 1. The van der Waals surface area contributed by atoms with Crippen LogP contribution in [-0.4, -0.2) is 50.2 Å². The minimum Gasteiger partial charge on any atom is -0.379 e. The van der Waals surface area contributed by atoms with Crippen LogP contribution < -0.4 is 5.32 Å². The molecule has 0 unspecified atom stereocenters. The van der Waals surface area contributed by atoms with Crippen LogP contribution in [-0.2, 0) is 16.0 Å². The Balaban J connectivity index is 1.54. The van der Waals surface area contributed by atoms with Crippen molar-refractivity contribution in [1.29, 1.82) is 0 Å². The van der Waals surface area contributed by atoms with Gasteiger partial charge in [0.25, 0.3) is 0 Å². The topological polar surface area (TPSA) is 41.6 Å². The third kappa shape index (κ3) is 6.23. The largest absolute Gasteiger partial charge is 0.379 e. The molecule has 1 amide bonds. The molecule has 1 fully saturated rings. The maximum Gasteiger partial charge on any atom is 0.220 e. The Kier molecular flexibility index (Phi) is 6.63. The fraction of sp³-hybridized carbons (Fsp3) is 0.562. The molecule has 116 valence electrons. The second kappa shape index (κ2) is 8.74. The second-order valence-electron chi connectivity index (χ2n) is 5.28. The summed E-state index contributed by atoms with van der Waals surface area (Å²) in [6.07, 6.45) is 2.10. The quantitative estimate of drug-likeness (QED) is 0.830. The highest BCUT2D eigenvalue weighted by Crippen LogP contribution is 2.06. The minimum atomic E-state index is -0.223. The zero-order chi connectivity index (χ0) is 14.9. The first kappa shape index (κ1) is 15.9. The molecule has 1 aliphatic heterocycles. The minimum absolute atomic E-state index is 0.0883. The van der Waals surface area contributed by atoms with Crippen molar-refractivity contribution in [2.75, 3.05) is 39.4 Å². The van der Waals surface area contributed by atoms with Gasteiger partial charge in [-0.25, -0.2) is 4.39 Å².